The third-order valence-corrected chi connectivity index (χ3v) is 5.04. The normalized spacial score (nSPS) is 16.1. The molecule has 2 heterocycles. The lowest BCUT2D eigenvalue weighted by atomic mass is 9.71. The zero-order valence-electron chi connectivity index (χ0n) is 14.4. The summed E-state index contributed by atoms with van der Waals surface area (Å²) in [6, 6.07) is 6.68. The number of rotatable bonds is 3. The monoisotopic (exact) mass is 375 g/mol. The van der Waals surface area contributed by atoms with E-state index in [4.69, 9.17) is 0 Å². The van der Waals surface area contributed by atoms with E-state index in [1.54, 1.807) is 13.1 Å². The predicted octanol–water partition coefficient (Wildman–Crippen LogP) is 3.19. The number of halogens is 3. The van der Waals surface area contributed by atoms with E-state index in [9.17, 15) is 18.0 Å². The van der Waals surface area contributed by atoms with Crippen LogP contribution in [0.2, 0.25) is 0 Å². The highest BCUT2D eigenvalue weighted by atomic mass is 19.4. The molecule has 3 aromatic rings. The highest BCUT2D eigenvalue weighted by Crippen LogP contribution is 2.43. The van der Waals surface area contributed by atoms with Crippen molar-refractivity contribution in [3.63, 3.8) is 0 Å². The first-order chi connectivity index (χ1) is 12.8. The molecule has 140 valence electrons. The Morgan fingerprint density at radius 1 is 1.26 bits per heavy atom. The lowest BCUT2D eigenvalue weighted by molar-refractivity contribution is -0.137. The van der Waals surface area contributed by atoms with Crippen molar-refractivity contribution in [2.24, 2.45) is 7.05 Å². The van der Waals surface area contributed by atoms with E-state index in [-0.39, 0.29) is 0 Å². The van der Waals surface area contributed by atoms with Gasteiger partial charge in [-0.3, -0.25) is 4.79 Å². The zero-order chi connectivity index (χ0) is 19.2. The number of aromatic nitrogens is 4. The first-order valence-corrected chi connectivity index (χ1v) is 8.45. The van der Waals surface area contributed by atoms with E-state index in [1.165, 1.54) is 23.0 Å². The smallest absolute Gasteiger partial charge is 0.342 e. The number of carbonyl (C=O) groups excluding carboxylic acids is 1. The van der Waals surface area contributed by atoms with Crippen LogP contribution < -0.4 is 5.32 Å². The van der Waals surface area contributed by atoms with Gasteiger partial charge < -0.3 is 5.32 Å². The minimum Gasteiger partial charge on any atom is -0.342 e. The Hall–Kier alpha value is -2.97. The molecule has 1 saturated carbocycles. The fraction of sp³-hybridized carbons (Fsp3) is 0.333. The Bertz CT molecular complexity index is 1020. The van der Waals surface area contributed by atoms with E-state index in [0.29, 0.717) is 35.1 Å². The maximum atomic E-state index is 13.1. The molecule has 1 aliphatic carbocycles. The second kappa shape index (κ2) is 6.04. The molecule has 1 N–H and O–H groups in total. The molecule has 1 aliphatic rings. The molecule has 0 aliphatic heterocycles. The lowest BCUT2D eigenvalue weighted by Gasteiger charge is -2.43. The third kappa shape index (κ3) is 2.92. The Morgan fingerprint density at radius 2 is 2.04 bits per heavy atom. The van der Waals surface area contributed by atoms with Gasteiger partial charge in [-0.2, -0.15) is 13.2 Å². The summed E-state index contributed by atoms with van der Waals surface area (Å²) in [7, 11) is 1.67. The number of aryl methyl sites for hydroxylation is 1. The summed E-state index contributed by atoms with van der Waals surface area (Å²) in [5, 5.41) is 10.8. The van der Waals surface area contributed by atoms with Gasteiger partial charge >= 0.3 is 6.18 Å². The van der Waals surface area contributed by atoms with Gasteiger partial charge in [0, 0.05) is 13.2 Å². The van der Waals surface area contributed by atoms with Crippen molar-refractivity contribution < 1.29 is 18.0 Å². The van der Waals surface area contributed by atoms with Crippen molar-refractivity contribution >= 4 is 17.1 Å². The predicted molar refractivity (Wildman–Crippen MR) is 90.7 cm³/mol. The largest absolute Gasteiger partial charge is 0.416 e. The second-order valence-corrected chi connectivity index (χ2v) is 6.71. The molecule has 6 nitrogen and oxygen atoms in total. The molecule has 27 heavy (non-hydrogen) atoms. The van der Waals surface area contributed by atoms with Gasteiger partial charge in [0.1, 0.15) is 5.52 Å². The molecule has 0 radical (unpaired) electrons. The number of pyridine rings is 1. The molecular formula is C18H16F3N5O. The number of amides is 1. The molecule has 0 saturated heterocycles. The molecule has 0 spiro atoms. The first kappa shape index (κ1) is 17.4. The summed E-state index contributed by atoms with van der Waals surface area (Å²) in [6.45, 7) is 0. The van der Waals surface area contributed by atoms with Crippen LogP contribution in [-0.4, -0.2) is 25.9 Å². The van der Waals surface area contributed by atoms with E-state index in [2.05, 4.69) is 20.6 Å². The average Bonchev–Trinajstić information content (AvgIpc) is 2.99. The van der Waals surface area contributed by atoms with Crippen LogP contribution in [0, 0.1) is 0 Å². The van der Waals surface area contributed by atoms with Crippen LogP contribution in [0.25, 0.3) is 11.2 Å². The van der Waals surface area contributed by atoms with Crippen LogP contribution in [-0.2, 0) is 18.8 Å². The molecule has 0 unspecified atom stereocenters. The average molecular weight is 375 g/mol. The van der Waals surface area contributed by atoms with Crippen LogP contribution in [0.5, 0.6) is 0 Å². The summed E-state index contributed by atoms with van der Waals surface area (Å²) in [6.07, 6.45) is -0.961. The number of hydrogen-bond donors (Lipinski definition) is 1. The number of alkyl halides is 3. The van der Waals surface area contributed by atoms with Crippen LogP contribution in [0.1, 0.15) is 40.7 Å². The van der Waals surface area contributed by atoms with Crippen molar-refractivity contribution in [2.75, 3.05) is 0 Å². The Labute approximate surface area is 152 Å². The maximum Gasteiger partial charge on any atom is 0.416 e. The van der Waals surface area contributed by atoms with Gasteiger partial charge in [0.05, 0.1) is 16.7 Å². The fourth-order valence-corrected chi connectivity index (χ4v) is 3.41. The summed E-state index contributed by atoms with van der Waals surface area (Å²) in [5.74, 6) is -0.403. The fourth-order valence-electron chi connectivity index (χ4n) is 3.41. The Kier molecular flexibility index (Phi) is 3.90. The minimum atomic E-state index is -4.43. The van der Waals surface area contributed by atoms with Crippen molar-refractivity contribution in [3.8, 4) is 0 Å². The quantitative estimate of drug-likeness (QED) is 0.763. The highest BCUT2D eigenvalue weighted by Gasteiger charge is 2.42. The lowest BCUT2D eigenvalue weighted by Crippen LogP contribution is -2.51. The Balaban J connectivity index is 1.68. The number of nitrogens with zero attached hydrogens (tertiary/aromatic N) is 4. The summed E-state index contributed by atoms with van der Waals surface area (Å²) in [5.41, 5.74) is 0.0461. The van der Waals surface area contributed by atoms with Crippen molar-refractivity contribution in [1.82, 2.24) is 25.3 Å². The van der Waals surface area contributed by atoms with E-state index < -0.39 is 23.2 Å². The van der Waals surface area contributed by atoms with Crippen molar-refractivity contribution in [1.29, 1.82) is 0 Å². The number of benzene rings is 1. The van der Waals surface area contributed by atoms with Gasteiger partial charge in [-0.15, -0.1) is 5.10 Å². The van der Waals surface area contributed by atoms with Gasteiger partial charge in [-0.25, -0.2) is 9.67 Å². The van der Waals surface area contributed by atoms with Crippen LogP contribution in [0.15, 0.2) is 36.5 Å². The van der Waals surface area contributed by atoms with E-state index >= 15 is 0 Å². The molecular weight excluding hydrogens is 359 g/mol. The van der Waals surface area contributed by atoms with Crippen molar-refractivity contribution in [3.05, 3.63) is 53.2 Å². The van der Waals surface area contributed by atoms with Gasteiger partial charge in [0.25, 0.3) is 5.91 Å². The minimum absolute atomic E-state index is 0.298. The van der Waals surface area contributed by atoms with Gasteiger partial charge in [0.2, 0.25) is 0 Å². The number of hydrogen-bond acceptors (Lipinski definition) is 4. The van der Waals surface area contributed by atoms with Crippen LogP contribution >= 0.6 is 0 Å². The first-order valence-electron chi connectivity index (χ1n) is 8.45. The SMILES string of the molecule is Cn1nnc2c(C(=O)NC3(c4cccc(C(F)(F)F)c4)CCC3)ccnc21. The van der Waals surface area contributed by atoms with Crippen molar-refractivity contribution in [2.45, 2.75) is 31.0 Å². The van der Waals surface area contributed by atoms with Crippen LogP contribution in [0.4, 0.5) is 13.2 Å². The second-order valence-electron chi connectivity index (χ2n) is 6.71. The Morgan fingerprint density at radius 3 is 2.70 bits per heavy atom. The zero-order valence-corrected chi connectivity index (χ0v) is 14.4. The molecule has 1 amide bonds. The molecule has 4 rings (SSSR count). The number of carbonyl (C=O) groups is 1. The molecule has 0 atom stereocenters. The highest BCUT2D eigenvalue weighted by molar-refractivity contribution is 6.04. The molecule has 2 aromatic heterocycles. The van der Waals surface area contributed by atoms with Gasteiger partial charge in [-0.1, -0.05) is 17.3 Å². The topological polar surface area (TPSA) is 72.7 Å². The third-order valence-electron chi connectivity index (χ3n) is 5.04. The van der Waals surface area contributed by atoms with Gasteiger partial charge in [0.15, 0.2) is 5.65 Å². The molecule has 9 heteroatoms. The van der Waals surface area contributed by atoms with Gasteiger partial charge in [-0.05, 0) is 43.0 Å². The molecule has 0 bridgehead atoms. The van der Waals surface area contributed by atoms with Crippen LogP contribution in [0.3, 0.4) is 0 Å². The summed E-state index contributed by atoms with van der Waals surface area (Å²) in [4.78, 5) is 17.0. The van der Waals surface area contributed by atoms with E-state index in [0.717, 1.165) is 18.6 Å². The molecule has 1 fully saturated rings. The van der Waals surface area contributed by atoms with E-state index in [1.807, 2.05) is 0 Å². The number of fused-ring (bicyclic) bond motifs is 1. The molecule has 1 aromatic carbocycles. The maximum absolute atomic E-state index is 13.1. The summed E-state index contributed by atoms with van der Waals surface area (Å²) < 4.78 is 40.7. The number of nitrogens with one attached hydrogen (secondary N) is 1. The standard InChI is InChI=1S/C18H16F3N5O/c1-26-15-14(24-25-26)13(6-9-22-15)16(27)23-17(7-3-8-17)11-4-2-5-12(10-11)18(19,20)21/h2,4-6,9-10H,3,7-8H2,1H3,(H,23,27). The summed E-state index contributed by atoms with van der Waals surface area (Å²) >= 11 is 0.